The summed E-state index contributed by atoms with van der Waals surface area (Å²) in [5.74, 6) is 0.189. The Balaban J connectivity index is 0.000000861. The first kappa shape index (κ1) is 16.4. The van der Waals surface area contributed by atoms with Crippen LogP contribution >= 0.6 is 0 Å². The minimum Gasteiger partial charge on any atom is -0.383 e. The van der Waals surface area contributed by atoms with Crippen molar-refractivity contribution in [2.24, 2.45) is 0 Å². The summed E-state index contributed by atoms with van der Waals surface area (Å²) in [5, 5.41) is 0. The molecular formula is C14H28N2O3. The monoisotopic (exact) mass is 272 g/mol. The minimum atomic E-state index is -0.166. The fraction of sp³-hybridized carbons (Fsp3) is 0.929. The number of carbonyl (C=O) groups excluding carboxylic acids is 1. The van der Waals surface area contributed by atoms with E-state index in [4.69, 9.17) is 9.47 Å². The molecule has 0 radical (unpaired) electrons. The molecule has 0 N–H and O–H groups in total. The molecular weight excluding hydrogens is 244 g/mol. The number of rotatable bonds is 4. The van der Waals surface area contributed by atoms with E-state index >= 15 is 0 Å². The molecule has 112 valence electrons. The molecule has 0 saturated carbocycles. The van der Waals surface area contributed by atoms with Crippen LogP contribution in [0.25, 0.3) is 0 Å². The maximum absolute atomic E-state index is 12.1. The highest BCUT2D eigenvalue weighted by Gasteiger charge is 2.30. The second kappa shape index (κ2) is 9.28. The van der Waals surface area contributed by atoms with Gasteiger partial charge in [-0.3, -0.25) is 9.69 Å². The fourth-order valence-corrected chi connectivity index (χ4v) is 2.39. The van der Waals surface area contributed by atoms with Crippen molar-refractivity contribution in [3.8, 4) is 0 Å². The van der Waals surface area contributed by atoms with Crippen molar-refractivity contribution in [2.45, 2.75) is 32.8 Å². The molecule has 1 unspecified atom stereocenters. The molecule has 2 saturated heterocycles. The summed E-state index contributed by atoms with van der Waals surface area (Å²) < 4.78 is 10.5. The lowest BCUT2D eigenvalue weighted by Gasteiger charge is -2.35. The van der Waals surface area contributed by atoms with Gasteiger partial charge in [-0.25, -0.2) is 0 Å². The molecule has 0 aromatic carbocycles. The van der Waals surface area contributed by atoms with E-state index in [9.17, 15) is 4.79 Å². The van der Waals surface area contributed by atoms with Gasteiger partial charge in [0, 0.05) is 46.4 Å². The second-order valence-corrected chi connectivity index (χ2v) is 4.66. The summed E-state index contributed by atoms with van der Waals surface area (Å²) in [5.41, 5.74) is 0. The van der Waals surface area contributed by atoms with E-state index in [0.29, 0.717) is 0 Å². The molecule has 0 spiro atoms. The van der Waals surface area contributed by atoms with Gasteiger partial charge >= 0.3 is 0 Å². The van der Waals surface area contributed by atoms with Crippen molar-refractivity contribution in [3.63, 3.8) is 0 Å². The summed E-state index contributed by atoms with van der Waals surface area (Å²) >= 11 is 0. The van der Waals surface area contributed by atoms with Gasteiger partial charge in [0.1, 0.15) is 6.10 Å². The normalized spacial score (nSPS) is 23.9. The molecule has 2 heterocycles. The highest BCUT2D eigenvalue weighted by atomic mass is 16.5. The zero-order valence-electron chi connectivity index (χ0n) is 12.6. The molecule has 2 fully saturated rings. The number of amides is 1. The van der Waals surface area contributed by atoms with Gasteiger partial charge in [0.15, 0.2) is 0 Å². The van der Waals surface area contributed by atoms with Gasteiger partial charge in [-0.05, 0) is 12.8 Å². The standard InChI is InChI=1S/C12H22N2O3.C2H6/c1-16-10-8-13-4-6-14(7-5-13)12(15)11-3-2-9-17-11;1-2/h11H,2-10H2,1H3;1-2H3. The van der Waals surface area contributed by atoms with Crippen molar-refractivity contribution >= 4 is 5.91 Å². The lowest BCUT2D eigenvalue weighted by Crippen LogP contribution is -2.51. The van der Waals surface area contributed by atoms with Gasteiger partial charge in [0.2, 0.25) is 0 Å². The molecule has 2 rings (SSSR count). The van der Waals surface area contributed by atoms with Crippen LogP contribution in [0, 0.1) is 0 Å². The van der Waals surface area contributed by atoms with Gasteiger partial charge in [-0.2, -0.15) is 0 Å². The lowest BCUT2D eigenvalue weighted by atomic mass is 10.2. The van der Waals surface area contributed by atoms with E-state index in [2.05, 4.69) is 4.90 Å². The molecule has 5 nitrogen and oxygen atoms in total. The Bertz CT molecular complexity index is 247. The smallest absolute Gasteiger partial charge is 0.251 e. The Labute approximate surface area is 116 Å². The Hall–Kier alpha value is -0.650. The van der Waals surface area contributed by atoms with Crippen LogP contribution in [0.2, 0.25) is 0 Å². The number of hydrogen-bond acceptors (Lipinski definition) is 4. The van der Waals surface area contributed by atoms with Crippen molar-refractivity contribution in [3.05, 3.63) is 0 Å². The summed E-state index contributed by atoms with van der Waals surface area (Å²) in [6.07, 6.45) is 1.74. The average Bonchev–Trinajstić information content (AvgIpc) is 3.01. The number of nitrogens with zero attached hydrogens (tertiary/aromatic N) is 2. The van der Waals surface area contributed by atoms with E-state index in [1.165, 1.54) is 0 Å². The lowest BCUT2D eigenvalue weighted by molar-refractivity contribution is -0.142. The van der Waals surface area contributed by atoms with E-state index in [-0.39, 0.29) is 12.0 Å². The van der Waals surface area contributed by atoms with E-state index < -0.39 is 0 Å². The van der Waals surface area contributed by atoms with Gasteiger partial charge in [-0.15, -0.1) is 0 Å². The highest BCUT2D eigenvalue weighted by molar-refractivity contribution is 5.81. The largest absolute Gasteiger partial charge is 0.383 e. The molecule has 1 atom stereocenters. The van der Waals surface area contributed by atoms with E-state index in [1.54, 1.807) is 7.11 Å². The van der Waals surface area contributed by atoms with Crippen LogP contribution in [0.5, 0.6) is 0 Å². The molecule has 0 aliphatic carbocycles. The minimum absolute atomic E-state index is 0.166. The SMILES string of the molecule is CC.COCCN1CCN(C(=O)C2CCCO2)CC1. The Morgan fingerprint density at radius 3 is 2.47 bits per heavy atom. The molecule has 19 heavy (non-hydrogen) atoms. The van der Waals surface area contributed by atoms with Gasteiger partial charge in [0.05, 0.1) is 6.61 Å². The summed E-state index contributed by atoms with van der Waals surface area (Å²) in [6, 6.07) is 0. The quantitative estimate of drug-likeness (QED) is 0.765. The molecule has 2 aliphatic rings. The molecule has 0 aromatic rings. The van der Waals surface area contributed by atoms with Crippen LogP contribution in [0.1, 0.15) is 26.7 Å². The molecule has 5 heteroatoms. The molecule has 1 amide bonds. The van der Waals surface area contributed by atoms with E-state index in [1.807, 2.05) is 18.7 Å². The van der Waals surface area contributed by atoms with Gasteiger partial charge in [0.25, 0.3) is 5.91 Å². The predicted molar refractivity (Wildman–Crippen MR) is 75.2 cm³/mol. The summed E-state index contributed by atoms with van der Waals surface area (Å²) in [7, 11) is 1.72. The topological polar surface area (TPSA) is 42.0 Å². The van der Waals surface area contributed by atoms with Crippen LogP contribution < -0.4 is 0 Å². The van der Waals surface area contributed by atoms with Gasteiger partial charge in [-0.1, -0.05) is 13.8 Å². The van der Waals surface area contributed by atoms with Gasteiger partial charge < -0.3 is 14.4 Å². The zero-order valence-corrected chi connectivity index (χ0v) is 12.6. The Morgan fingerprint density at radius 1 is 1.26 bits per heavy atom. The van der Waals surface area contributed by atoms with Crippen molar-refractivity contribution in [1.29, 1.82) is 0 Å². The Kier molecular flexibility index (Phi) is 8.02. The maximum atomic E-state index is 12.1. The average molecular weight is 272 g/mol. The van der Waals surface area contributed by atoms with Crippen LogP contribution in [0.4, 0.5) is 0 Å². The Morgan fingerprint density at radius 2 is 1.95 bits per heavy atom. The number of carbonyl (C=O) groups is 1. The highest BCUT2D eigenvalue weighted by Crippen LogP contribution is 2.15. The number of ether oxygens (including phenoxy) is 2. The second-order valence-electron chi connectivity index (χ2n) is 4.66. The van der Waals surface area contributed by atoms with Crippen molar-refractivity contribution in [2.75, 3.05) is 53.0 Å². The third kappa shape index (κ3) is 5.09. The summed E-state index contributed by atoms with van der Waals surface area (Å²) in [4.78, 5) is 16.4. The van der Waals surface area contributed by atoms with Crippen LogP contribution in [-0.4, -0.2) is 74.9 Å². The van der Waals surface area contributed by atoms with Crippen LogP contribution in [0.15, 0.2) is 0 Å². The van der Waals surface area contributed by atoms with Crippen molar-refractivity contribution in [1.82, 2.24) is 9.80 Å². The van der Waals surface area contributed by atoms with Crippen molar-refractivity contribution < 1.29 is 14.3 Å². The number of methoxy groups -OCH3 is 1. The zero-order chi connectivity index (χ0) is 14.1. The first-order valence-electron chi connectivity index (χ1n) is 7.43. The molecule has 0 aromatic heterocycles. The first-order valence-corrected chi connectivity index (χ1v) is 7.43. The third-order valence-corrected chi connectivity index (χ3v) is 3.50. The van der Waals surface area contributed by atoms with Crippen LogP contribution in [-0.2, 0) is 14.3 Å². The molecule has 0 bridgehead atoms. The summed E-state index contributed by atoms with van der Waals surface area (Å²) in [6.45, 7) is 10.00. The number of piperazine rings is 1. The van der Waals surface area contributed by atoms with E-state index in [0.717, 1.165) is 58.8 Å². The number of hydrogen-bond donors (Lipinski definition) is 0. The maximum Gasteiger partial charge on any atom is 0.251 e. The fourth-order valence-electron chi connectivity index (χ4n) is 2.39. The predicted octanol–water partition coefficient (Wildman–Crippen LogP) is 0.982. The third-order valence-electron chi connectivity index (χ3n) is 3.50. The van der Waals surface area contributed by atoms with Crippen LogP contribution in [0.3, 0.4) is 0 Å². The first-order chi connectivity index (χ1) is 9.31. The molecule has 2 aliphatic heterocycles.